The second kappa shape index (κ2) is 5.30. The Bertz CT molecular complexity index is 323. The van der Waals surface area contributed by atoms with Crippen molar-refractivity contribution in [1.82, 2.24) is 9.88 Å². The molecule has 16 heavy (non-hydrogen) atoms. The van der Waals surface area contributed by atoms with Gasteiger partial charge in [-0.25, -0.2) is 4.98 Å². The lowest BCUT2D eigenvalue weighted by atomic mass is 10.0. The van der Waals surface area contributed by atoms with Crippen LogP contribution in [0.2, 0.25) is 0 Å². The number of hydrogen-bond donors (Lipinski definition) is 0. The van der Waals surface area contributed by atoms with Gasteiger partial charge in [-0.3, -0.25) is 4.90 Å². The summed E-state index contributed by atoms with van der Waals surface area (Å²) < 4.78 is 5.06. The molecule has 1 saturated heterocycles. The molecule has 2 heterocycles. The molecule has 0 aromatic carbocycles. The number of methoxy groups -OCH3 is 1. The van der Waals surface area contributed by atoms with E-state index in [1.54, 1.807) is 7.11 Å². The molecule has 0 amide bonds. The summed E-state index contributed by atoms with van der Waals surface area (Å²) >= 11 is 0. The summed E-state index contributed by atoms with van der Waals surface area (Å²) in [6, 6.07) is 4.74. The normalized spacial score (nSPS) is 22.0. The zero-order valence-electron chi connectivity index (χ0n) is 10.1. The van der Waals surface area contributed by atoms with Gasteiger partial charge in [0.25, 0.3) is 0 Å². The summed E-state index contributed by atoms with van der Waals surface area (Å²) in [6.45, 7) is 4.54. The highest BCUT2D eigenvalue weighted by Crippen LogP contribution is 2.19. The molecule has 0 bridgehead atoms. The van der Waals surface area contributed by atoms with Crippen molar-refractivity contribution in [3.63, 3.8) is 0 Å². The summed E-state index contributed by atoms with van der Waals surface area (Å²) in [6.07, 6.45) is 5.94. The van der Waals surface area contributed by atoms with Gasteiger partial charge in [0.05, 0.1) is 7.11 Å². The first-order chi connectivity index (χ1) is 7.79. The maximum atomic E-state index is 5.06. The van der Waals surface area contributed by atoms with Gasteiger partial charge >= 0.3 is 0 Å². The lowest BCUT2D eigenvalue weighted by molar-refractivity contribution is 0.152. The second-order valence-electron chi connectivity index (χ2n) is 4.52. The quantitative estimate of drug-likeness (QED) is 0.782. The van der Waals surface area contributed by atoms with Crippen LogP contribution in [-0.2, 0) is 6.54 Å². The fourth-order valence-corrected chi connectivity index (χ4v) is 2.25. The van der Waals surface area contributed by atoms with E-state index in [-0.39, 0.29) is 0 Å². The third-order valence-electron chi connectivity index (χ3n) is 3.33. The highest BCUT2D eigenvalue weighted by atomic mass is 16.5. The molecule has 1 aromatic rings. The number of pyridine rings is 1. The van der Waals surface area contributed by atoms with Crippen molar-refractivity contribution >= 4 is 0 Å². The Balaban J connectivity index is 1.96. The molecular formula is C13H20N2O. The van der Waals surface area contributed by atoms with Crippen molar-refractivity contribution in [1.29, 1.82) is 0 Å². The molecule has 1 aliphatic rings. The van der Waals surface area contributed by atoms with E-state index in [1.165, 1.54) is 31.4 Å². The largest absolute Gasteiger partial charge is 0.481 e. The molecule has 1 aromatic heterocycles. The molecule has 0 aliphatic carbocycles. The number of hydrogen-bond acceptors (Lipinski definition) is 3. The van der Waals surface area contributed by atoms with Crippen molar-refractivity contribution in [2.45, 2.75) is 38.8 Å². The number of piperidine rings is 1. The van der Waals surface area contributed by atoms with E-state index in [4.69, 9.17) is 4.74 Å². The highest BCUT2D eigenvalue weighted by molar-refractivity contribution is 5.17. The summed E-state index contributed by atoms with van der Waals surface area (Å²) in [5.74, 6) is 0.690. The zero-order chi connectivity index (χ0) is 11.4. The standard InChI is InChI=1S/C13H20N2O/c1-11-5-3-4-8-15(11)10-12-6-7-13(16-2)14-9-12/h6-7,9,11H,3-5,8,10H2,1-2H3/t11-/m1/s1. The average molecular weight is 220 g/mol. The van der Waals surface area contributed by atoms with Crippen LogP contribution in [0, 0.1) is 0 Å². The molecule has 0 saturated carbocycles. The van der Waals surface area contributed by atoms with Crippen molar-refractivity contribution in [3.8, 4) is 5.88 Å². The van der Waals surface area contributed by atoms with Gasteiger partial charge in [-0.1, -0.05) is 12.5 Å². The minimum Gasteiger partial charge on any atom is -0.481 e. The predicted octanol–water partition coefficient (Wildman–Crippen LogP) is 2.46. The average Bonchev–Trinajstić information content (AvgIpc) is 2.33. The maximum Gasteiger partial charge on any atom is 0.212 e. The van der Waals surface area contributed by atoms with Crippen molar-refractivity contribution in [3.05, 3.63) is 23.9 Å². The van der Waals surface area contributed by atoms with Crippen LogP contribution >= 0.6 is 0 Å². The van der Waals surface area contributed by atoms with E-state index in [0.29, 0.717) is 11.9 Å². The number of ether oxygens (including phenoxy) is 1. The zero-order valence-corrected chi connectivity index (χ0v) is 10.1. The molecule has 0 radical (unpaired) electrons. The SMILES string of the molecule is COc1ccc(CN2CCCC[C@H]2C)cn1. The molecule has 0 unspecified atom stereocenters. The van der Waals surface area contributed by atoms with Gasteiger partial charge in [0.15, 0.2) is 0 Å². The van der Waals surface area contributed by atoms with Crippen LogP contribution in [-0.4, -0.2) is 29.6 Å². The second-order valence-corrected chi connectivity index (χ2v) is 4.52. The van der Waals surface area contributed by atoms with Crippen LogP contribution in [0.15, 0.2) is 18.3 Å². The molecule has 1 aliphatic heterocycles. The number of likely N-dealkylation sites (tertiary alicyclic amines) is 1. The van der Waals surface area contributed by atoms with E-state index in [9.17, 15) is 0 Å². The molecular weight excluding hydrogens is 200 g/mol. The Hall–Kier alpha value is -1.09. The van der Waals surface area contributed by atoms with Crippen LogP contribution in [0.5, 0.6) is 5.88 Å². The van der Waals surface area contributed by atoms with E-state index in [1.807, 2.05) is 12.3 Å². The van der Waals surface area contributed by atoms with Gasteiger partial charge in [-0.05, 0) is 31.9 Å². The molecule has 3 heteroatoms. The van der Waals surface area contributed by atoms with E-state index >= 15 is 0 Å². The van der Waals surface area contributed by atoms with Crippen LogP contribution in [0.3, 0.4) is 0 Å². The van der Waals surface area contributed by atoms with Gasteiger partial charge in [0.1, 0.15) is 0 Å². The topological polar surface area (TPSA) is 25.4 Å². The lowest BCUT2D eigenvalue weighted by Crippen LogP contribution is -2.36. The summed E-state index contributed by atoms with van der Waals surface area (Å²) in [5, 5.41) is 0. The van der Waals surface area contributed by atoms with Crippen molar-refractivity contribution in [2.24, 2.45) is 0 Å². The minimum atomic E-state index is 0.690. The fourth-order valence-electron chi connectivity index (χ4n) is 2.25. The summed E-state index contributed by atoms with van der Waals surface area (Å²) in [4.78, 5) is 6.77. The molecule has 0 N–H and O–H groups in total. The summed E-state index contributed by atoms with van der Waals surface area (Å²) in [7, 11) is 1.65. The van der Waals surface area contributed by atoms with Crippen LogP contribution in [0.4, 0.5) is 0 Å². The molecule has 0 spiro atoms. The molecule has 2 rings (SSSR count). The van der Waals surface area contributed by atoms with E-state index in [0.717, 1.165) is 6.54 Å². The molecule has 88 valence electrons. The van der Waals surface area contributed by atoms with Gasteiger partial charge < -0.3 is 4.74 Å². The Morgan fingerprint density at radius 3 is 2.94 bits per heavy atom. The molecule has 3 nitrogen and oxygen atoms in total. The number of aromatic nitrogens is 1. The van der Waals surface area contributed by atoms with Crippen molar-refractivity contribution in [2.75, 3.05) is 13.7 Å². The summed E-state index contributed by atoms with van der Waals surface area (Å²) in [5.41, 5.74) is 1.27. The Labute approximate surface area is 97.4 Å². The van der Waals surface area contributed by atoms with Gasteiger partial charge in [0, 0.05) is 24.8 Å². The van der Waals surface area contributed by atoms with Gasteiger partial charge in [-0.15, -0.1) is 0 Å². The lowest BCUT2D eigenvalue weighted by Gasteiger charge is -2.33. The Morgan fingerprint density at radius 2 is 2.31 bits per heavy atom. The first-order valence-electron chi connectivity index (χ1n) is 6.02. The minimum absolute atomic E-state index is 0.690. The Morgan fingerprint density at radius 1 is 1.44 bits per heavy atom. The van der Waals surface area contributed by atoms with Crippen molar-refractivity contribution < 1.29 is 4.74 Å². The fraction of sp³-hybridized carbons (Fsp3) is 0.615. The van der Waals surface area contributed by atoms with Crippen LogP contribution in [0.1, 0.15) is 31.7 Å². The highest BCUT2D eigenvalue weighted by Gasteiger charge is 2.17. The number of nitrogens with zero attached hydrogens (tertiary/aromatic N) is 2. The monoisotopic (exact) mass is 220 g/mol. The smallest absolute Gasteiger partial charge is 0.212 e. The van der Waals surface area contributed by atoms with Gasteiger partial charge in [0.2, 0.25) is 5.88 Å². The Kier molecular flexibility index (Phi) is 3.78. The van der Waals surface area contributed by atoms with Crippen LogP contribution < -0.4 is 4.74 Å². The first kappa shape index (κ1) is 11.4. The molecule has 1 atom stereocenters. The van der Waals surface area contributed by atoms with Gasteiger partial charge in [-0.2, -0.15) is 0 Å². The number of rotatable bonds is 3. The predicted molar refractivity (Wildman–Crippen MR) is 64.5 cm³/mol. The van der Waals surface area contributed by atoms with E-state index < -0.39 is 0 Å². The third-order valence-corrected chi connectivity index (χ3v) is 3.33. The van der Waals surface area contributed by atoms with Crippen LogP contribution in [0.25, 0.3) is 0 Å². The van der Waals surface area contributed by atoms with E-state index in [2.05, 4.69) is 22.9 Å². The first-order valence-corrected chi connectivity index (χ1v) is 6.02. The molecule has 1 fully saturated rings. The third kappa shape index (κ3) is 2.73. The maximum absolute atomic E-state index is 5.06.